The average Bonchev–Trinajstić information content (AvgIpc) is 2.02. The molecule has 0 aromatic rings. The van der Waals surface area contributed by atoms with Crippen molar-refractivity contribution in [3.63, 3.8) is 0 Å². The first-order chi connectivity index (χ1) is 5.79. The van der Waals surface area contributed by atoms with Gasteiger partial charge < -0.3 is 15.2 Å². The number of ether oxygens (including phenoxy) is 1. The van der Waals surface area contributed by atoms with Gasteiger partial charge in [0.2, 0.25) is 0 Å². The number of carboxylic acids is 1. The van der Waals surface area contributed by atoms with Crippen LogP contribution in [0.15, 0.2) is 0 Å². The third-order valence-electron chi connectivity index (χ3n) is 2.78. The van der Waals surface area contributed by atoms with Crippen molar-refractivity contribution < 1.29 is 14.6 Å². The van der Waals surface area contributed by atoms with Crippen molar-refractivity contribution in [1.29, 1.82) is 0 Å². The predicted octanol–water partition coefficient (Wildman–Crippen LogP) is -0.0252. The molecule has 0 radical (unpaired) electrons. The summed E-state index contributed by atoms with van der Waals surface area (Å²) in [4.78, 5) is 10.9. The summed E-state index contributed by atoms with van der Waals surface area (Å²) >= 11 is 0. The van der Waals surface area contributed by atoms with E-state index in [9.17, 15) is 4.79 Å². The number of aliphatic carboxylic acids is 1. The van der Waals surface area contributed by atoms with Gasteiger partial charge in [-0.2, -0.15) is 0 Å². The van der Waals surface area contributed by atoms with Crippen LogP contribution in [0.2, 0.25) is 0 Å². The third kappa shape index (κ3) is 1.95. The van der Waals surface area contributed by atoms with Crippen LogP contribution in [0.4, 0.5) is 0 Å². The molecule has 0 aromatic heterocycles. The first kappa shape index (κ1) is 10.8. The summed E-state index contributed by atoms with van der Waals surface area (Å²) in [5, 5.41) is 12.2. The maximum Gasteiger partial charge on any atom is 0.307 e. The van der Waals surface area contributed by atoms with E-state index in [4.69, 9.17) is 9.84 Å². The van der Waals surface area contributed by atoms with Gasteiger partial charge in [-0.1, -0.05) is 0 Å². The molecule has 0 amide bonds. The normalized spacial score (nSPS) is 37.7. The number of hydrogen-bond acceptors (Lipinski definition) is 3. The van der Waals surface area contributed by atoms with Crippen LogP contribution < -0.4 is 5.32 Å². The van der Waals surface area contributed by atoms with Crippen LogP contribution in [-0.4, -0.2) is 37.4 Å². The first-order valence-corrected chi connectivity index (χ1v) is 4.30. The van der Waals surface area contributed by atoms with E-state index in [1.807, 2.05) is 0 Å². The lowest BCUT2D eigenvalue weighted by Crippen LogP contribution is -2.53. The van der Waals surface area contributed by atoms with Crippen LogP contribution in [0.1, 0.15) is 0 Å². The van der Waals surface area contributed by atoms with Crippen molar-refractivity contribution in [2.45, 2.75) is 0 Å². The summed E-state index contributed by atoms with van der Waals surface area (Å²) in [6.45, 7) is 2.77. The van der Waals surface area contributed by atoms with Crippen molar-refractivity contribution in [3.05, 3.63) is 0 Å². The van der Waals surface area contributed by atoms with E-state index in [0.29, 0.717) is 13.2 Å². The molecule has 76 valence electrons. The average molecular weight is 208 g/mol. The van der Waals surface area contributed by atoms with Crippen LogP contribution in [0.5, 0.6) is 0 Å². The smallest absolute Gasteiger partial charge is 0.307 e. The van der Waals surface area contributed by atoms with E-state index in [0.717, 1.165) is 13.1 Å². The molecule has 2 heterocycles. The fourth-order valence-corrected chi connectivity index (χ4v) is 2.19. The maximum atomic E-state index is 10.9. The summed E-state index contributed by atoms with van der Waals surface area (Å²) in [6.07, 6.45) is 0. The molecule has 5 heteroatoms. The number of halogens is 1. The van der Waals surface area contributed by atoms with Crippen LogP contribution >= 0.6 is 12.4 Å². The Morgan fingerprint density at radius 2 is 1.85 bits per heavy atom. The zero-order chi connectivity index (χ0) is 8.55. The molecular formula is C8H14ClNO3. The van der Waals surface area contributed by atoms with E-state index in [-0.39, 0.29) is 30.2 Å². The van der Waals surface area contributed by atoms with E-state index in [1.165, 1.54) is 0 Å². The van der Waals surface area contributed by atoms with E-state index >= 15 is 0 Å². The molecule has 2 fully saturated rings. The van der Waals surface area contributed by atoms with Crippen LogP contribution in [0.3, 0.4) is 0 Å². The van der Waals surface area contributed by atoms with Crippen LogP contribution in [-0.2, 0) is 9.53 Å². The van der Waals surface area contributed by atoms with Crippen molar-refractivity contribution >= 4 is 18.4 Å². The van der Waals surface area contributed by atoms with Crippen LogP contribution in [0.25, 0.3) is 0 Å². The number of nitrogens with one attached hydrogen (secondary N) is 1. The van der Waals surface area contributed by atoms with E-state index < -0.39 is 5.97 Å². The van der Waals surface area contributed by atoms with Gasteiger partial charge in [0.25, 0.3) is 0 Å². The lowest BCUT2D eigenvalue weighted by molar-refractivity contribution is -0.155. The third-order valence-corrected chi connectivity index (χ3v) is 2.78. The Kier molecular flexibility index (Phi) is 3.53. The fraction of sp³-hybridized carbons (Fsp3) is 0.875. The Morgan fingerprint density at radius 3 is 2.23 bits per heavy atom. The second-order valence-electron chi connectivity index (χ2n) is 3.58. The molecule has 2 bridgehead atoms. The van der Waals surface area contributed by atoms with Crippen molar-refractivity contribution in [3.8, 4) is 0 Å². The van der Waals surface area contributed by atoms with Gasteiger partial charge in [-0.25, -0.2) is 0 Å². The first-order valence-electron chi connectivity index (χ1n) is 4.30. The second kappa shape index (κ2) is 4.26. The molecule has 0 spiro atoms. The maximum absolute atomic E-state index is 10.9. The minimum absolute atomic E-state index is 0. The Hall–Kier alpha value is -0.320. The highest BCUT2D eigenvalue weighted by Crippen LogP contribution is 2.29. The van der Waals surface area contributed by atoms with E-state index in [1.54, 1.807) is 0 Å². The summed E-state index contributed by atoms with van der Waals surface area (Å²) < 4.78 is 5.31. The highest BCUT2D eigenvalue weighted by atomic mass is 35.5. The predicted molar refractivity (Wildman–Crippen MR) is 49.0 cm³/mol. The highest BCUT2D eigenvalue weighted by molar-refractivity contribution is 5.85. The number of carboxylic acid groups (broad SMARTS) is 1. The zero-order valence-corrected chi connectivity index (χ0v) is 8.05. The molecule has 4 nitrogen and oxygen atoms in total. The van der Waals surface area contributed by atoms with Gasteiger partial charge in [0, 0.05) is 24.9 Å². The van der Waals surface area contributed by atoms with Crippen molar-refractivity contribution in [2.75, 3.05) is 26.3 Å². The minimum atomic E-state index is -0.658. The summed E-state index contributed by atoms with van der Waals surface area (Å²) in [7, 11) is 0. The molecular weight excluding hydrogens is 194 g/mol. The molecule has 2 N–H and O–H groups in total. The van der Waals surface area contributed by atoms with Crippen molar-refractivity contribution in [1.82, 2.24) is 5.32 Å². The quantitative estimate of drug-likeness (QED) is 0.634. The van der Waals surface area contributed by atoms with Gasteiger partial charge in [-0.15, -0.1) is 12.4 Å². The fourth-order valence-electron chi connectivity index (χ4n) is 2.19. The summed E-state index contributed by atoms with van der Waals surface area (Å²) in [5.74, 6) is -0.486. The van der Waals surface area contributed by atoms with Crippen LogP contribution in [0, 0.1) is 17.8 Å². The van der Waals surface area contributed by atoms with Gasteiger partial charge >= 0.3 is 5.97 Å². The van der Waals surface area contributed by atoms with Gasteiger partial charge in [-0.05, 0) is 0 Å². The monoisotopic (exact) mass is 207 g/mol. The molecule has 2 aliphatic rings. The molecule has 0 aromatic carbocycles. The number of rotatable bonds is 1. The summed E-state index contributed by atoms with van der Waals surface area (Å²) in [5.41, 5.74) is 0. The second-order valence-corrected chi connectivity index (χ2v) is 3.58. The Morgan fingerprint density at radius 1 is 1.31 bits per heavy atom. The van der Waals surface area contributed by atoms with E-state index in [2.05, 4.69) is 5.32 Å². The molecule has 2 rings (SSSR count). The molecule has 2 aliphatic heterocycles. The molecule has 13 heavy (non-hydrogen) atoms. The Labute approximate surface area is 83.1 Å². The lowest BCUT2D eigenvalue weighted by atomic mass is 9.77. The van der Waals surface area contributed by atoms with Gasteiger partial charge in [0.15, 0.2) is 0 Å². The van der Waals surface area contributed by atoms with Gasteiger partial charge in [-0.3, -0.25) is 4.79 Å². The topological polar surface area (TPSA) is 58.6 Å². The Balaban J connectivity index is 0.000000845. The zero-order valence-electron chi connectivity index (χ0n) is 7.23. The number of hydrogen-bond donors (Lipinski definition) is 2. The van der Waals surface area contributed by atoms with Crippen molar-refractivity contribution in [2.24, 2.45) is 17.8 Å². The molecule has 0 aliphatic carbocycles. The summed E-state index contributed by atoms with van der Waals surface area (Å²) in [6, 6.07) is 0. The largest absolute Gasteiger partial charge is 0.481 e. The molecule has 2 saturated heterocycles. The van der Waals surface area contributed by atoms with Gasteiger partial charge in [0.05, 0.1) is 19.1 Å². The SMILES string of the molecule is Cl.O=C(O)C1C2CNCC1COC2. The molecule has 2 atom stereocenters. The number of fused-ring (bicyclic) bond motifs is 2. The number of piperidine rings is 1. The molecule has 0 saturated carbocycles. The van der Waals surface area contributed by atoms with Gasteiger partial charge in [0.1, 0.15) is 0 Å². The minimum Gasteiger partial charge on any atom is -0.481 e. The molecule has 2 unspecified atom stereocenters. The highest BCUT2D eigenvalue weighted by Gasteiger charge is 2.41. The standard InChI is InChI=1S/C8H13NO3.ClH/c10-8(11)7-5-1-9-2-6(7)4-12-3-5;/h5-7,9H,1-4H2,(H,10,11);1H. The lowest BCUT2D eigenvalue weighted by Gasteiger charge is -2.40. The Bertz CT molecular complexity index is 178. The number of carbonyl (C=O) groups is 1.